The highest BCUT2D eigenvalue weighted by Crippen LogP contribution is 2.38. The molecule has 0 aromatic carbocycles. The van der Waals surface area contributed by atoms with Crippen LogP contribution in [0.25, 0.3) is 26.7 Å². The Bertz CT molecular complexity index is 944. The average molecular weight is 371 g/mol. The fourth-order valence-corrected chi connectivity index (χ4v) is 3.75. The summed E-state index contributed by atoms with van der Waals surface area (Å²) in [6.45, 7) is 0. The number of thiophene rings is 2. The zero-order valence-corrected chi connectivity index (χ0v) is 15.1. The Kier molecular flexibility index (Phi) is 5.04. The maximum absolute atomic E-state index is 12.0. The molecule has 0 unspecified atom stereocenters. The Hall–Kier alpha value is -2.80. The molecule has 0 aliphatic heterocycles. The molecule has 0 aliphatic rings. The molecule has 0 saturated heterocycles. The topological polar surface area (TPSA) is 84.8 Å². The molecule has 3 aromatic rings. The lowest BCUT2D eigenvalue weighted by atomic mass is 10.1. The van der Waals surface area contributed by atoms with Crippen molar-refractivity contribution in [3.63, 3.8) is 0 Å². The number of methoxy groups -OCH3 is 2. The van der Waals surface area contributed by atoms with E-state index >= 15 is 0 Å². The number of ether oxygens (including phenoxy) is 2. The van der Waals surface area contributed by atoms with E-state index in [9.17, 15) is 10.3 Å². The molecule has 0 amide bonds. The number of carbonyl (C=O) groups excluding carboxylic acids is 1. The van der Waals surface area contributed by atoms with Crippen molar-refractivity contribution < 1.29 is 19.1 Å². The molecule has 8 heteroatoms. The first-order chi connectivity index (χ1) is 12.2. The zero-order valence-electron chi connectivity index (χ0n) is 13.4. The predicted octanol–water partition coefficient (Wildman–Crippen LogP) is 3.74. The van der Waals surface area contributed by atoms with Crippen LogP contribution in [0.4, 0.5) is 0 Å². The van der Waals surface area contributed by atoms with Crippen LogP contribution >= 0.6 is 22.7 Å². The second-order valence-corrected chi connectivity index (χ2v) is 6.73. The van der Waals surface area contributed by atoms with Crippen LogP contribution < -0.4 is 4.74 Å². The van der Waals surface area contributed by atoms with Crippen molar-refractivity contribution >= 4 is 34.4 Å². The van der Waals surface area contributed by atoms with Gasteiger partial charge in [0.2, 0.25) is 0 Å². The second kappa shape index (κ2) is 7.40. The zero-order chi connectivity index (χ0) is 17.8. The lowest BCUT2D eigenvalue weighted by Crippen LogP contribution is -2.19. The van der Waals surface area contributed by atoms with Gasteiger partial charge < -0.3 is 15.0 Å². The Balaban J connectivity index is 2.32. The van der Waals surface area contributed by atoms with Gasteiger partial charge in [-0.25, -0.2) is 9.78 Å². The van der Waals surface area contributed by atoms with Gasteiger partial charge in [0.25, 0.3) is 0 Å². The van der Waals surface area contributed by atoms with Crippen LogP contribution in [0, 0.1) is 0 Å². The highest BCUT2D eigenvalue weighted by atomic mass is 32.1. The molecule has 0 atom stereocenters. The summed E-state index contributed by atoms with van der Waals surface area (Å²) in [5, 5.41) is 3.86. The van der Waals surface area contributed by atoms with Crippen molar-refractivity contribution in [2.75, 3.05) is 14.2 Å². The fourth-order valence-electron chi connectivity index (χ4n) is 2.35. The lowest BCUT2D eigenvalue weighted by Gasteiger charge is -2.11. The molecule has 0 bridgehead atoms. The molecule has 25 heavy (non-hydrogen) atoms. The minimum Gasteiger partial charge on any atom is -0.493 e. The summed E-state index contributed by atoms with van der Waals surface area (Å²) in [6, 6.07) is 9.31. The maximum atomic E-state index is 12.0. The monoisotopic (exact) mass is 371 g/mol. The number of nitrogens with zero attached hydrogens (tertiary/aromatic N) is 3. The van der Waals surface area contributed by atoms with Gasteiger partial charge in [-0.1, -0.05) is 12.1 Å². The van der Waals surface area contributed by atoms with E-state index in [1.165, 1.54) is 36.9 Å². The SMILES string of the molecule is COC(=O)C(=[N+]=[N-])c1cc(-c2cccs2)nc(-c2cccs2)c1OC. The summed E-state index contributed by atoms with van der Waals surface area (Å²) in [4.78, 5) is 21.6. The van der Waals surface area contributed by atoms with E-state index in [0.29, 0.717) is 22.7 Å². The third-order valence-electron chi connectivity index (χ3n) is 3.44. The minimum absolute atomic E-state index is 0.239. The Morgan fingerprint density at radius 1 is 1.16 bits per heavy atom. The summed E-state index contributed by atoms with van der Waals surface area (Å²) < 4.78 is 10.2. The van der Waals surface area contributed by atoms with Gasteiger partial charge in [0, 0.05) is 0 Å². The van der Waals surface area contributed by atoms with Crippen LogP contribution in [0.1, 0.15) is 5.56 Å². The molecule has 126 valence electrons. The number of carbonyl (C=O) groups is 1. The van der Waals surface area contributed by atoms with E-state index in [-0.39, 0.29) is 5.71 Å². The molecule has 0 aliphatic carbocycles. The fraction of sp³-hybridized carbons (Fsp3) is 0.118. The van der Waals surface area contributed by atoms with Gasteiger partial charge in [0.1, 0.15) is 11.3 Å². The second-order valence-electron chi connectivity index (χ2n) is 4.83. The highest BCUT2D eigenvalue weighted by molar-refractivity contribution is 7.14. The van der Waals surface area contributed by atoms with E-state index in [1.807, 2.05) is 35.0 Å². The first kappa shape index (κ1) is 17.0. The Labute approximate surface area is 151 Å². The quantitative estimate of drug-likeness (QED) is 0.296. The van der Waals surface area contributed by atoms with Crippen LogP contribution in [-0.4, -0.2) is 35.7 Å². The Morgan fingerprint density at radius 3 is 2.36 bits per heavy atom. The lowest BCUT2D eigenvalue weighted by molar-refractivity contribution is -0.137. The largest absolute Gasteiger partial charge is 0.493 e. The van der Waals surface area contributed by atoms with Crippen molar-refractivity contribution in [2.24, 2.45) is 0 Å². The summed E-state index contributed by atoms with van der Waals surface area (Å²) in [7, 11) is 2.70. The van der Waals surface area contributed by atoms with Crippen LogP contribution in [0.5, 0.6) is 5.75 Å². The molecular weight excluding hydrogens is 358 g/mol. The van der Waals surface area contributed by atoms with Crippen LogP contribution in [0.2, 0.25) is 0 Å². The molecule has 6 nitrogen and oxygen atoms in total. The van der Waals surface area contributed by atoms with Gasteiger partial charge in [-0.15, -0.1) is 22.7 Å². The van der Waals surface area contributed by atoms with Crippen LogP contribution in [0.3, 0.4) is 0 Å². The molecule has 0 spiro atoms. The van der Waals surface area contributed by atoms with Gasteiger partial charge in [-0.05, 0) is 29.0 Å². The van der Waals surface area contributed by atoms with E-state index in [4.69, 9.17) is 14.5 Å². The molecule has 0 saturated carbocycles. The van der Waals surface area contributed by atoms with Crippen LogP contribution in [-0.2, 0) is 9.53 Å². The first-order valence-corrected chi connectivity index (χ1v) is 8.93. The molecule has 0 radical (unpaired) electrons. The third kappa shape index (κ3) is 3.23. The highest BCUT2D eigenvalue weighted by Gasteiger charge is 2.31. The van der Waals surface area contributed by atoms with Gasteiger partial charge in [-0.3, -0.25) is 0 Å². The molecule has 3 aromatic heterocycles. The first-order valence-electron chi connectivity index (χ1n) is 7.17. The van der Waals surface area contributed by atoms with E-state index in [2.05, 4.69) is 4.79 Å². The number of esters is 1. The van der Waals surface area contributed by atoms with Crippen molar-refractivity contribution in [1.82, 2.24) is 4.98 Å². The van der Waals surface area contributed by atoms with Crippen molar-refractivity contribution in [3.05, 3.63) is 52.2 Å². The molecular formula is C17H13N3O3S2. The van der Waals surface area contributed by atoms with Gasteiger partial charge in [0.15, 0.2) is 5.75 Å². The number of pyridine rings is 1. The molecule has 3 rings (SSSR count). The summed E-state index contributed by atoms with van der Waals surface area (Å²) in [5.41, 5.74) is 10.7. The van der Waals surface area contributed by atoms with E-state index in [0.717, 1.165) is 9.75 Å². The number of aromatic nitrogens is 1. The average Bonchev–Trinajstić information content (AvgIpc) is 3.35. The predicted molar refractivity (Wildman–Crippen MR) is 97.2 cm³/mol. The summed E-state index contributed by atoms with van der Waals surface area (Å²) in [5.74, 6) is -0.415. The van der Waals surface area contributed by atoms with E-state index < -0.39 is 5.97 Å². The maximum Gasteiger partial charge on any atom is 0.422 e. The summed E-state index contributed by atoms with van der Waals surface area (Å²) in [6.07, 6.45) is 0. The van der Waals surface area contributed by atoms with Crippen molar-refractivity contribution in [1.29, 1.82) is 0 Å². The van der Waals surface area contributed by atoms with Crippen LogP contribution in [0.15, 0.2) is 41.1 Å². The van der Waals surface area contributed by atoms with Gasteiger partial charge in [-0.2, -0.15) is 4.79 Å². The number of hydrogen-bond donors (Lipinski definition) is 0. The minimum atomic E-state index is -0.763. The van der Waals surface area contributed by atoms with Crippen molar-refractivity contribution in [3.8, 4) is 26.9 Å². The Morgan fingerprint density at radius 2 is 1.84 bits per heavy atom. The standard InChI is InChI=1S/C17H13N3O3S2/c1-22-16-10(14(20-18)17(21)23-2)9-11(12-5-3-7-24-12)19-15(16)13-6-4-8-25-13/h3-9H,1-2H3. The third-order valence-corrected chi connectivity index (χ3v) is 5.21. The molecule has 3 heterocycles. The molecule has 0 fully saturated rings. The number of rotatable bonds is 5. The van der Waals surface area contributed by atoms with Crippen molar-refractivity contribution in [2.45, 2.75) is 0 Å². The van der Waals surface area contributed by atoms with Gasteiger partial charge >= 0.3 is 11.7 Å². The smallest absolute Gasteiger partial charge is 0.422 e. The number of hydrogen-bond acceptors (Lipinski definition) is 6. The van der Waals surface area contributed by atoms with Gasteiger partial charge in [0.05, 0.1) is 29.7 Å². The summed E-state index contributed by atoms with van der Waals surface area (Å²) >= 11 is 3.02. The van der Waals surface area contributed by atoms with E-state index in [1.54, 1.807) is 6.07 Å². The molecule has 0 N–H and O–H groups in total. The normalized spacial score (nSPS) is 10.2.